The number of hydrogen-bond acceptors (Lipinski definition) is 3. The van der Waals surface area contributed by atoms with E-state index < -0.39 is 5.91 Å². The smallest absolute Gasteiger partial charge is 0.273 e. The van der Waals surface area contributed by atoms with Gasteiger partial charge in [-0.15, -0.1) is 0 Å². The van der Waals surface area contributed by atoms with Crippen molar-refractivity contribution in [2.24, 2.45) is 5.92 Å². The van der Waals surface area contributed by atoms with Crippen LogP contribution < -0.4 is 4.74 Å². The molecule has 1 aromatic rings. The lowest BCUT2D eigenvalue weighted by Gasteiger charge is -2.17. The van der Waals surface area contributed by atoms with E-state index in [-0.39, 0.29) is 22.4 Å². The van der Waals surface area contributed by atoms with E-state index in [2.05, 4.69) is 0 Å². The molecule has 20 heavy (non-hydrogen) atoms. The third kappa shape index (κ3) is 2.43. The van der Waals surface area contributed by atoms with Crippen LogP contribution >= 0.6 is 11.6 Å². The van der Waals surface area contributed by atoms with Crippen molar-refractivity contribution in [1.29, 1.82) is 0 Å². The molecule has 0 unspecified atom stereocenters. The summed E-state index contributed by atoms with van der Waals surface area (Å²) in [5.74, 6) is -0.0953. The highest BCUT2D eigenvalue weighted by atomic mass is 35.5. The standard InChI is InChI=1S/C15H16ClNO3/c1-9(2)8-17-14(18)12(13(16)15(17)19)10-6-4-5-7-11(10)20-3/h4-7,9H,8H2,1-3H3. The molecule has 0 spiro atoms. The Bertz CT molecular complexity index is 593. The second-order valence-electron chi connectivity index (χ2n) is 5.00. The number of halogens is 1. The van der Waals surface area contributed by atoms with Gasteiger partial charge in [-0.3, -0.25) is 14.5 Å². The van der Waals surface area contributed by atoms with Gasteiger partial charge in [-0.2, -0.15) is 0 Å². The molecule has 0 fully saturated rings. The molecule has 0 atom stereocenters. The lowest BCUT2D eigenvalue weighted by molar-refractivity contribution is -0.137. The Morgan fingerprint density at radius 3 is 2.45 bits per heavy atom. The van der Waals surface area contributed by atoms with E-state index in [0.29, 0.717) is 17.9 Å². The molecule has 1 aliphatic rings. The number of rotatable bonds is 4. The number of carbonyl (C=O) groups is 2. The zero-order chi connectivity index (χ0) is 14.9. The molecule has 0 saturated carbocycles. The molecule has 106 valence electrons. The third-order valence-electron chi connectivity index (χ3n) is 3.04. The van der Waals surface area contributed by atoms with E-state index in [1.54, 1.807) is 24.3 Å². The minimum atomic E-state index is -0.439. The van der Waals surface area contributed by atoms with E-state index in [4.69, 9.17) is 16.3 Å². The van der Waals surface area contributed by atoms with Crippen LogP contribution in [0, 0.1) is 5.92 Å². The lowest BCUT2D eigenvalue weighted by Crippen LogP contribution is -2.34. The number of carbonyl (C=O) groups excluding carboxylic acids is 2. The monoisotopic (exact) mass is 293 g/mol. The van der Waals surface area contributed by atoms with Crippen molar-refractivity contribution < 1.29 is 14.3 Å². The summed E-state index contributed by atoms with van der Waals surface area (Å²) in [6.45, 7) is 4.23. The number of para-hydroxylation sites is 1. The summed E-state index contributed by atoms with van der Waals surface area (Å²) in [5, 5.41) is -0.0415. The molecule has 0 radical (unpaired) electrons. The average molecular weight is 294 g/mol. The number of ether oxygens (including phenoxy) is 1. The second-order valence-corrected chi connectivity index (χ2v) is 5.38. The first-order valence-electron chi connectivity index (χ1n) is 6.36. The van der Waals surface area contributed by atoms with Crippen molar-refractivity contribution in [2.75, 3.05) is 13.7 Å². The van der Waals surface area contributed by atoms with Crippen molar-refractivity contribution in [2.45, 2.75) is 13.8 Å². The molecule has 0 bridgehead atoms. The molecule has 1 aromatic carbocycles. The van der Waals surface area contributed by atoms with Crippen LogP contribution in [0.2, 0.25) is 0 Å². The zero-order valence-electron chi connectivity index (χ0n) is 11.6. The van der Waals surface area contributed by atoms with Crippen LogP contribution in [0.25, 0.3) is 5.57 Å². The quantitative estimate of drug-likeness (QED) is 0.802. The number of imide groups is 1. The molecule has 0 aliphatic carbocycles. The van der Waals surface area contributed by atoms with Gasteiger partial charge in [-0.05, 0) is 12.0 Å². The normalized spacial score (nSPS) is 15.6. The number of amides is 2. The Morgan fingerprint density at radius 1 is 1.20 bits per heavy atom. The number of nitrogens with zero attached hydrogens (tertiary/aromatic N) is 1. The largest absolute Gasteiger partial charge is 0.496 e. The van der Waals surface area contributed by atoms with Crippen LogP contribution in [0.15, 0.2) is 29.3 Å². The van der Waals surface area contributed by atoms with Crippen LogP contribution in [-0.2, 0) is 9.59 Å². The summed E-state index contributed by atoms with van der Waals surface area (Å²) in [6.07, 6.45) is 0. The Balaban J connectivity index is 2.46. The molecule has 0 N–H and O–H groups in total. The zero-order valence-corrected chi connectivity index (χ0v) is 12.4. The fourth-order valence-electron chi connectivity index (χ4n) is 2.16. The predicted molar refractivity (Wildman–Crippen MR) is 77.3 cm³/mol. The molecule has 2 amide bonds. The van der Waals surface area contributed by atoms with Crippen molar-refractivity contribution >= 4 is 29.0 Å². The van der Waals surface area contributed by atoms with Crippen molar-refractivity contribution in [1.82, 2.24) is 4.90 Å². The SMILES string of the molecule is COc1ccccc1C1=C(Cl)C(=O)N(CC(C)C)C1=O. The molecule has 2 rings (SSSR count). The minimum absolute atomic E-state index is 0.0415. The predicted octanol–water partition coefficient (Wildman–Crippen LogP) is 2.67. The first-order valence-corrected chi connectivity index (χ1v) is 6.74. The molecule has 1 aliphatic heterocycles. The molecular formula is C15H16ClNO3. The van der Waals surface area contributed by atoms with Crippen LogP contribution in [0.4, 0.5) is 0 Å². The summed E-state index contributed by atoms with van der Waals surface area (Å²) in [6, 6.07) is 7.03. The van der Waals surface area contributed by atoms with Gasteiger partial charge in [0.2, 0.25) is 0 Å². The Morgan fingerprint density at radius 2 is 1.85 bits per heavy atom. The van der Waals surface area contributed by atoms with E-state index in [0.717, 1.165) is 0 Å². The average Bonchev–Trinajstić information content (AvgIpc) is 2.62. The maximum absolute atomic E-state index is 12.4. The number of hydrogen-bond donors (Lipinski definition) is 0. The van der Waals surface area contributed by atoms with Gasteiger partial charge in [-0.25, -0.2) is 0 Å². The van der Waals surface area contributed by atoms with Crippen molar-refractivity contribution in [3.63, 3.8) is 0 Å². The Labute approximate surface area is 123 Å². The van der Waals surface area contributed by atoms with Gasteiger partial charge in [-0.1, -0.05) is 43.6 Å². The molecule has 0 aromatic heterocycles. The third-order valence-corrected chi connectivity index (χ3v) is 3.39. The molecule has 5 heteroatoms. The fourth-order valence-corrected chi connectivity index (χ4v) is 2.45. The van der Waals surface area contributed by atoms with E-state index in [1.165, 1.54) is 12.0 Å². The summed E-state index contributed by atoms with van der Waals surface area (Å²) in [7, 11) is 1.51. The lowest BCUT2D eigenvalue weighted by atomic mass is 10.0. The molecule has 0 saturated heterocycles. The number of methoxy groups -OCH3 is 1. The minimum Gasteiger partial charge on any atom is -0.496 e. The van der Waals surface area contributed by atoms with Gasteiger partial charge in [0, 0.05) is 12.1 Å². The van der Waals surface area contributed by atoms with Crippen LogP contribution in [-0.4, -0.2) is 30.4 Å². The van der Waals surface area contributed by atoms with Gasteiger partial charge in [0.1, 0.15) is 10.8 Å². The van der Waals surface area contributed by atoms with E-state index >= 15 is 0 Å². The maximum atomic E-state index is 12.4. The van der Waals surface area contributed by atoms with Crippen LogP contribution in [0.3, 0.4) is 0 Å². The van der Waals surface area contributed by atoms with Crippen molar-refractivity contribution in [3.05, 3.63) is 34.9 Å². The first-order chi connectivity index (χ1) is 9.47. The highest BCUT2D eigenvalue weighted by Crippen LogP contribution is 2.36. The second kappa shape index (κ2) is 5.67. The molecular weight excluding hydrogens is 278 g/mol. The maximum Gasteiger partial charge on any atom is 0.273 e. The Hall–Kier alpha value is -1.81. The first kappa shape index (κ1) is 14.6. The van der Waals surface area contributed by atoms with Gasteiger partial charge >= 0.3 is 0 Å². The van der Waals surface area contributed by atoms with E-state index in [9.17, 15) is 9.59 Å². The van der Waals surface area contributed by atoms with Gasteiger partial charge in [0.25, 0.3) is 11.8 Å². The molecule has 1 heterocycles. The van der Waals surface area contributed by atoms with Gasteiger partial charge in [0.15, 0.2) is 0 Å². The van der Waals surface area contributed by atoms with Crippen LogP contribution in [0.1, 0.15) is 19.4 Å². The highest BCUT2D eigenvalue weighted by molar-refractivity contribution is 6.55. The van der Waals surface area contributed by atoms with Gasteiger partial charge < -0.3 is 4.74 Å². The van der Waals surface area contributed by atoms with E-state index in [1.807, 2.05) is 13.8 Å². The number of benzene rings is 1. The fraction of sp³-hybridized carbons (Fsp3) is 0.333. The highest BCUT2D eigenvalue weighted by Gasteiger charge is 2.39. The topological polar surface area (TPSA) is 46.6 Å². The summed E-state index contributed by atoms with van der Waals surface area (Å²) < 4.78 is 5.23. The van der Waals surface area contributed by atoms with Gasteiger partial charge in [0.05, 0.1) is 12.7 Å². The summed E-state index contributed by atoms with van der Waals surface area (Å²) in [4.78, 5) is 25.7. The summed E-state index contributed by atoms with van der Waals surface area (Å²) >= 11 is 6.08. The Kier molecular flexibility index (Phi) is 4.14. The van der Waals surface area contributed by atoms with Crippen LogP contribution in [0.5, 0.6) is 5.75 Å². The summed E-state index contributed by atoms with van der Waals surface area (Å²) in [5.41, 5.74) is 0.763. The molecule has 4 nitrogen and oxygen atoms in total. The van der Waals surface area contributed by atoms with Crippen molar-refractivity contribution in [3.8, 4) is 5.75 Å².